The van der Waals surface area contributed by atoms with Crippen LogP contribution in [0.2, 0.25) is 5.02 Å². The van der Waals surface area contributed by atoms with Crippen molar-refractivity contribution in [2.75, 3.05) is 6.54 Å². The van der Waals surface area contributed by atoms with Crippen LogP contribution in [0.5, 0.6) is 0 Å². The normalized spacial score (nSPS) is 22.6. The Morgan fingerprint density at radius 1 is 1.47 bits per heavy atom. The van der Waals surface area contributed by atoms with Crippen molar-refractivity contribution >= 4 is 23.2 Å². The van der Waals surface area contributed by atoms with Gasteiger partial charge in [0, 0.05) is 23.7 Å². The SMILES string of the molecule is CC1CC(C)N(C(=O)c2cc(Cl)ccc2[N+](=O)[O-])C1. The molecule has 0 spiro atoms. The van der Waals surface area contributed by atoms with Gasteiger partial charge in [-0.05, 0) is 31.4 Å². The summed E-state index contributed by atoms with van der Waals surface area (Å²) in [5, 5.41) is 11.3. The quantitative estimate of drug-likeness (QED) is 0.618. The first-order valence-electron chi connectivity index (χ1n) is 6.15. The van der Waals surface area contributed by atoms with Gasteiger partial charge >= 0.3 is 0 Å². The van der Waals surface area contributed by atoms with Crippen molar-refractivity contribution in [1.82, 2.24) is 4.90 Å². The van der Waals surface area contributed by atoms with Crippen LogP contribution in [0.1, 0.15) is 30.6 Å². The van der Waals surface area contributed by atoms with Crippen LogP contribution in [0.15, 0.2) is 18.2 Å². The van der Waals surface area contributed by atoms with Crippen molar-refractivity contribution in [2.24, 2.45) is 5.92 Å². The summed E-state index contributed by atoms with van der Waals surface area (Å²) in [4.78, 5) is 24.6. The highest BCUT2D eigenvalue weighted by Crippen LogP contribution is 2.29. The molecule has 1 aromatic carbocycles. The van der Waals surface area contributed by atoms with Crippen molar-refractivity contribution in [3.8, 4) is 0 Å². The van der Waals surface area contributed by atoms with E-state index in [2.05, 4.69) is 6.92 Å². The smallest absolute Gasteiger partial charge is 0.282 e. The number of carbonyl (C=O) groups excluding carboxylic acids is 1. The molecule has 0 saturated carbocycles. The third-order valence-corrected chi connectivity index (χ3v) is 3.67. The molecule has 1 amide bonds. The Kier molecular flexibility index (Phi) is 3.75. The summed E-state index contributed by atoms with van der Waals surface area (Å²) >= 11 is 5.84. The number of hydrogen-bond donors (Lipinski definition) is 0. The van der Waals surface area contributed by atoms with E-state index in [-0.39, 0.29) is 23.2 Å². The monoisotopic (exact) mass is 282 g/mol. The van der Waals surface area contributed by atoms with Crippen molar-refractivity contribution < 1.29 is 9.72 Å². The van der Waals surface area contributed by atoms with Gasteiger partial charge in [-0.2, -0.15) is 0 Å². The predicted molar refractivity (Wildman–Crippen MR) is 72.4 cm³/mol. The fraction of sp³-hybridized carbons (Fsp3) is 0.462. The summed E-state index contributed by atoms with van der Waals surface area (Å²) in [6.07, 6.45) is 0.917. The lowest BCUT2D eigenvalue weighted by Crippen LogP contribution is -2.34. The second kappa shape index (κ2) is 5.17. The summed E-state index contributed by atoms with van der Waals surface area (Å²) in [5.74, 6) is 0.100. The van der Waals surface area contributed by atoms with E-state index in [1.54, 1.807) is 4.90 Å². The van der Waals surface area contributed by atoms with Crippen molar-refractivity contribution in [3.63, 3.8) is 0 Å². The highest BCUT2D eigenvalue weighted by Gasteiger charge is 2.33. The number of nitrogens with zero attached hydrogens (tertiary/aromatic N) is 2. The predicted octanol–water partition coefficient (Wildman–Crippen LogP) is 3.12. The molecule has 1 fully saturated rings. The standard InChI is InChI=1S/C13H15ClN2O3/c1-8-5-9(2)15(7-8)13(17)11-6-10(14)3-4-12(11)16(18)19/h3-4,6,8-9H,5,7H2,1-2H3. The molecule has 0 aliphatic carbocycles. The minimum Gasteiger partial charge on any atom is -0.335 e. The number of benzene rings is 1. The molecule has 6 heteroatoms. The van der Waals surface area contributed by atoms with Gasteiger partial charge in [0.05, 0.1) is 4.92 Å². The zero-order valence-electron chi connectivity index (χ0n) is 10.8. The number of halogens is 1. The summed E-state index contributed by atoms with van der Waals surface area (Å²) in [5.41, 5.74) is -0.125. The molecule has 5 nitrogen and oxygen atoms in total. The third-order valence-electron chi connectivity index (χ3n) is 3.43. The first-order chi connectivity index (χ1) is 8.90. The number of nitro benzene ring substituents is 1. The van der Waals surface area contributed by atoms with E-state index in [0.717, 1.165) is 6.42 Å². The maximum absolute atomic E-state index is 12.4. The molecule has 0 radical (unpaired) electrons. The van der Waals surface area contributed by atoms with Crippen molar-refractivity contribution in [3.05, 3.63) is 38.9 Å². The summed E-state index contributed by atoms with van der Waals surface area (Å²) in [7, 11) is 0. The topological polar surface area (TPSA) is 63.5 Å². The second-order valence-electron chi connectivity index (χ2n) is 5.07. The van der Waals surface area contributed by atoms with E-state index in [9.17, 15) is 14.9 Å². The minimum atomic E-state index is -0.548. The van der Waals surface area contributed by atoms with Crippen LogP contribution in [0.4, 0.5) is 5.69 Å². The Morgan fingerprint density at radius 2 is 2.16 bits per heavy atom. The van der Waals surface area contributed by atoms with Gasteiger partial charge in [-0.25, -0.2) is 0 Å². The van der Waals surface area contributed by atoms with E-state index >= 15 is 0 Å². The molecule has 2 atom stereocenters. The van der Waals surface area contributed by atoms with Crippen molar-refractivity contribution in [1.29, 1.82) is 0 Å². The molecular formula is C13H15ClN2O3. The Balaban J connectivity index is 2.38. The molecule has 1 heterocycles. The molecule has 0 bridgehead atoms. The van der Waals surface area contributed by atoms with E-state index in [0.29, 0.717) is 17.5 Å². The van der Waals surface area contributed by atoms with Gasteiger partial charge in [0.15, 0.2) is 0 Å². The molecule has 1 aliphatic heterocycles. The van der Waals surface area contributed by atoms with Crippen LogP contribution >= 0.6 is 11.6 Å². The summed E-state index contributed by atoms with van der Waals surface area (Å²) < 4.78 is 0. The number of nitro groups is 1. The molecule has 0 N–H and O–H groups in total. The van der Waals surface area contributed by atoms with E-state index in [1.165, 1.54) is 18.2 Å². The molecule has 0 aromatic heterocycles. The van der Waals surface area contributed by atoms with Gasteiger partial charge < -0.3 is 4.90 Å². The number of hydrogen-bond acceptors (Lipinski definition) is 3. The van der Waals surface area contributed by atoms with Gasteiger partial charge in [-0.3, -0.25) is 14.9 Å². The van der Waals surface area contributed by atoms with Gasteiger partial charge in [-0.15, -0.1) is 0 Å². The lowest BCUT2D eigenvalue weighted by molar-refractivity contribution is -0.385. The molecule has 2 rings (SSSR count). The van der Waals surface area contributed by atoms with Crippen LogP contribution in [0.25, 0.3) is 0 Å². The average molecular weight is 283 g/mol. The maximum atomic E-state index is 12.4. The van der Waals surface area contributed by atoms with Crippen LogP contribution in [0, 0.1) is 16.0 Å². The molecular weight excluding hydrogens is 268 g/mol. The molecule has 2 unspecified atom stereocenters. The lowest BCUT2D eigenvalue weighted by Gasteiger charge is -2.21. The van der Waals surface area contributed by atoms with Gasteiger partial charge in [-0.1, -0.05) is 18.5 Å². The molecule has 102 valence electrons. The second-order valence-corrected chi connectivity index (χ2v) is 5.50. The van der Waals surface area contributed by atoms with E-state index < -0.39 is 4.92 Å². The summed E-state index contributed by atoms with van der Waals surface area (Å²) in [6.45, 7) is 4.65. The molecule has 1 aliphatic rings. The molecule has 19 heavy (non-hydrogen) atoms. The highest BCUT2D eigenvalue weighted by molar-refractivity contribution is 6.31. The summed E-state index contributed by atoms with van der Waals surface area (Å²) in [6, 6.07) is 4.17. The maximum Gasteiger partial charge on any atom is 0.282 e. The molecule has 1 aromatic rings. The number of carbonyl (C=O) groups is 1. The Labute approximate surface area is 116 Å². The fourth-order valence-electron chi connectivity index (χ4n) is 2.58. The van der Waals surface area contributed by atoms with Gasteiger partial charge in [0.2, 0.25) is 0 Å². The van der Waals surface area contributed by atoms with Crippen molar-refractivity contribution in [2.45, 2.75) is 26.3 Å². The Bertz CT molecular complexity index is 533. The van der Waals surface area contributed by atoms with Crippen LogP contribution in [-0.4, -0.2) is 28.3 Å². The number of rotatable bonds is 2. The third kappa shape index (κ3) is 2.71. The van der Waals surface area contributed by atoms with Gasteiger partial charge in [0.1, 0.15) is 5.56 Å². The van der Waals surface area contributed by atoms with Gasteiger partial charge in [0.25, 0.3) is 11.6 Å². The lowest BCUT2D eigenvalue weighted by atomic mass is 10.1. The largest absolute Gasteiger partial charge is 0.335 e. The first kappa shape index (κ1) is 13.8. The van der Waals surface area contributed by atoms with E-state index in [1.807, 2.05) is 6.92 Å². The number of likely N-dealkylation sites (tertiary alicyclic amines) is 1. The average Bonchev–Trinajstić information content (AvgIpc) is 2.67. The molecule has 1 saturated heterocycles. The zero-order chi connectivity index (χ0) is 14.2. The number of amides is 1. The Morgan fingerprint density at radius 3 is 2.68 bits per heavy atom. The highest BCUT2D eigenvalue weighted by atomic mass is 35.5. The van der Waals surface area contributed by atoms with Crippen LogP contribution in [-0.2, 0) is 0 Å². The Hall–Kier alpha value is -1.62. The first-order valence-corrected chi connectivity index (χ1v) is 6.53. The van der Waals surface area contributed by atoms with Crippen LogP contribution in [0.3, 0.4) is 0 Å². The fourth-order valence-corrected chi connectivity index (χ4v) is 2.75. The van der Waals surface area contributed by atoms with Crippen LogP contribution < -0.4 is 0 Å². The minimum absolute atomic E-state index is 0.0680. The van der Waals surface area contributed by atoms with E-state index in [4.69, 9.17) is 11.6 Å². The zero-order valence-corrected chi connectivity index (χ0v) is 11.6.